The van der Waals surface area contributed by atoms with Gasteiger partial charge in [-0.25, -0.2) is 4.63 Å². The maximum atomic E-state index is 12.1. The molecule has 18 heavy (non-hydrogen) atoms. The molecule has 0 aromatic carbocycles. The van der Waals surface area contributed by atoms with E-state index in [9.17, 15) is 14.7 Å². The molecular weight excluding hydrogens is 240 g/mol. The smallest absolute Gasteiger partial charge is 0.311 e. The van der Waals surface area contributed by atoms with Crippen molar-refractivity contribution in [2.24, 2.45) is 5.41 Å². The van der Waals surface area contributed by atoms with Crippen molar-refractivity contribution in [3.63, 3.8) is 0 Å². The monoisotopic (exact) mass is 254 g/mol. The third kappa shape index (κ3) is 2.01. The minimum atomic E-state index is -0.931. The number of hydrogen-bond acceptors (Lipinski definition) is 6. The molecule has 1 aromatic heterocycles. The highest BCUT2D eigenvalue weighted by atomic mass is 16.6. The molecule has 8 heteroatoms. The summed E-state index contributed by atoms with van der Waals surface area (Å²) in [7, 11) is 0. The van der Waals surface area contributed by atoms with Crippen molar-refractivity contribution in [3.05, 3.63) is 5.69 Å². The highest BCUT2D eigenvalue weighted by molar-refractivity contribution is 5.96. The van der Waals surface area contributed by atoms with Crippen LogP contribution < -0.4 is 5.73 Å². The molecule has 3 N–H and O–H groups in total. The minimum Gasteiger partial charge on any atom is -0.481 e. The van der Waals surface area contributed by atoms with E-state index in [-0.39, 0.29) is 18.1 Å². The van der Waals surface area contributed by atoms with Crippen molar-refractivity contribution in [1.29, 1.82) is 0 Å². The molecule has 1 aliphatic heterocycles. The molecule has 8 nitrogen and oxygen atoms in total. The molecule has 0 radical (unpaired) electrons. The van der Waals surface area contributed by atoms with E-state index in [0.29, 0.717) is 19.4 Å². The van der Waals surface area contributed by atoms with Gasteiger partial charge in [0.25, 0.3) is 5.91 Å². The zero-order valence-electron chi connectivity index (χ0n) is 9.92. The summed E-state index contributed by atoms with van der Waals surface area (Å²) in [6.07, 6.45) is 1.17. The molecule has 2 heterocycles. The van der Waals surface area contributed by atoms with Crippen molar-refractivity contribution in [3.8, 4) is 0 Å². The normalized spacial score (nSPS) is 23.9. The second-order valence-electron chi connectivity index (χ2n) is 4.69. The van der Waals surface area contributed by atoms with Crippen molar-refractivity contribution >= 4 is 17.7 Å². The van der Waals surface area contributed by atoms with E-state index in [4.69, 9.17) is 5.73 Å². The Morgan fingerprint density at radius 1 is 1.50 bits per heavy atom. The molecule has 98 valence electrons. The number of carboxylic acids is 1. The summed E-state index contributed by atoms with van der Waals surface area (Å²) in [5.74, 6) is -1.44. The first kappa shape index (κ1) is 12.3. The molecule has 1 fully saturated rings. The van der Waals surface area contributed by atoms with Crippen LogP contribution in [0.3, 0.4) is 0 Å². The highest BCUT2D eigenvalue weighted by Gasteiger charge is 2.40. The second-order valence-corrected chi connectivity index (χ2v) is 4.69. The Morgan fingerprint density at radius 3 is 2.78 bits per heavy atom. The summed E-state index contributed by atoms with van der Waals surface area (Å²) in [6, 6.07) is 0. The Balaban J connectivity index is 2.17. The van der Waals surface area contributed by atoms with E-state index in [2.05, 4.69) is 14.9 Å². The standard InChI is InChI=1S/C10H14N4O4/c1-10(9(16)17)3-2-4-14(5-10)8(15)6-7(11)13-18-12-6/h2-5H2,1H3,(H2,11,13)(H,16,17). The fourth-order valence-corrected chi connectivity index (χ4v) is 2.08. The van der Waals surface area contributed by atoms with Crippen molar-refractivity contribution in [1.82, 2.24) is 15.2 Å². The third-order valence-corrected chi connectivity index (χ3v) is 3.22. The number of likely N-dealkylation sites (tertiary alicyclic amines) is 1. The maximum absolute atomic E-state index is 12.1. The van der Waals surface area contributed by atoms with Gasteiger partial charge >= 0.3 is 5.97 Å². The Labute approximate surface area is 103 Å². The number of carboxylic acid groups (broad SMARTS) is 1. The molecule has 1 aliphatic rings. The number of carbonyl (C=O) groups excluding carboxylic acids is 1. The van der Waals surface area contributed by atoms with Crippen LogP contribution in [0, 0.1) is 5.41 Å². The molecule has 0 saturated carbocycles. The van der Waals surface area contributed by atoms with Crippen molar-refractivity contribution in [2.45, 2.75) is 19.8 Å². The number of anilines is 1. The molecule has 1 saturated heterocycles. The Kier molecular flexibility index (Phi) is 2.93. The molecule has 1 unspecified atom stereocenters. The van der Waals surface area contributed by atoms with Crippen LogP contribution in [0.5, 0.6) is 0 Å². The number of nitrogen functional groups attached to an aromatic ring is 1. The molecule has 0 bridgehead atoms. The van der Waals surface area contributed by atoms with E-state index in [0.717, 1.165) is 0 Å². The van der Waals surface area contributed by atoms with Crippen LogP contribution in [0.15, 0.2) is 4.63 Å². The molecular formula is C10H14N4O4. The number of aromatic nitrogens is 2. The summed E-state index contributed by atoms with van der Waals surface area (Å²) < 4.78 is 4.37. The predicted octanol–water partition coefficient (Wildman–Crippen LogP) is -0.0213. The lowest BCUT2D eigenvalue weighted by molar-refractivity contribution is -0.150. The molecule has 1 amide bonds. The Hall–Kier alpha value is -2.12. The average molecular weight is 254 g/mol. The number of nitrogens with two attached hydrogens (primary N) is 1. The SMILES string of the molecule is CC1(C(=O)O)CCCN(C(=O)c2nonc2N)C1. The van der Waals surface area contributed by atoms with E-state index in [1.807, 2.05) is 0 Å². The van der Waals surface area contributed by atoms with Gasteiger partial charge in [-0.05, 0) is 30.1 Å². The van der Waals surface area contributed by atoms with Crippen LogP contribution in [0.1, 0.15) is 30.3 Å². The molecule has 0 spiro atoms. The van der Waals surface area contributed by atoms with E-state index in [1.54, 1.807) is 6.92 Å². The largest absolute Gasteiger partial charge is 0.481 e. The highest BCUT2D eigenvalue weighted by Crippen LogP contribution is 2.30. The van der Waals surface area contributed by atoms with Crippen molar-refractivity contribution < 1.29 is 19.3 Å². The van der Waals surface area contributed by atoms with Gasteiger partial charge in [0.15, 0.2) is 0 Å². The summed E-state index contributed by atoms with van der Waals surface area (Å²) in [5, 5.41) is 15.9. The topological polar surface area (TPSA) is 123 Å². The predicted molar refractivity (Wildman–Crippen MR) is 59.6 cm³/mol. The van der Waals surface area contributed by atoms with Gasteiger partial charge in [0.2, 0.25) is 11.5 Å². The zero-order chi connectivity index (χ0) is 13.3. The maximum Gasteiger partial charge on any atom is 0.311 e. The molecule has 2 rings (SSSR count). The molecule has 0 aliphatic carbocycles. The van der Waals surface area contributed by atoms with Crippen LogP contribution in [-0.2, 0) is 4.79 Å². The van der Waals surface area contributed by atoms with Crippen LogP contribution in [0.2, 0.25) is 0 Å². The van der Waals surface area contributed by atoms with Crippen LogP contribution in [0.25, 0.3) is 0 Å². The second kappa shape index (κ2) is 4.28. The summed E-state index contributed by atoms with van der Waals surface area (Å²) in [5.41, 5.74) is 4.45. The fraction of sp³-hybridized carbons (Fsp3) is 0.600. The summed E-state index contributed by atoms with van der Waals surface area (Å²) in [6.45, 7) is 2.24. The number of hydrogen-bond donors (Lipinski definition) is 2. The Bertz CT molecular complexity index is 486. The number of aliphatic carboxylic acids is 1. The van der Waals surface area contributed by atoms with Gasteiger partial charge in [-0.1, -0.05) is 0 Å². The first-order valence-corrected chi connectivity index (χ1v) is 5.55. The van der Waals surface area contributed by atoms with E-state index < -0.39 is 17.3 Å². The van der Waals surface area contributed by atoms with Crippen LogP contribution in [-0.4, -0.2) is 45.3 Å². The number of piperidine rings is 1. The van der Waals surface area contributed by atoms with Gasteiger partial charge in [-0.15, -0.1) is 0 Å². The molecule has 1 atom stereocenters. The number of nitrogens with zero attached hydrogens (tertiary/aromatic N) is 3. The fourth-order valence-electron chi connectivity index (χ4n) is 2.08. The number of carbonyl (C=O) groups is 2. The lowest BCUT2D eigenvalue weighted by Crippen LogP contribution is -2.48. The summed E-state index contributed by atoms with van der Waals surface area (Å²) >= 11 is 0. The zero-order valence-corrected chi connectivity index (χ0v) is 9.92. The first-order chi connectivity index (χ1) is 8.44. The van der Waals surface area contributed by atoms with Gasteiger partial charge in [0.05, 0.1) is 5.41 Å². The number of amides is 1. The van der Waals surface area contributed by atoms with Gasteiger partial charge in [-0.2, -0.15) is 0 Å². The minimum absolute atomic E-state index is 0.0651. The molecule has 1 aromatic rings. The van der Waals surface area contributed by atoms with Gasteiger partial charge < -0.3 is 15.7 Å². The Morgan fingerprint density at radius 2 is 2.22 bits per heavy atom. The average Bonchev–Trinajstić information content (AvgIpc) is 2.74. The lowest BCUT2D eigenvalue weighted by Gasteiger charge is -2.37. The van der Waals surface area contributed by atoms with Gasteiger partial charge in [0.1, 0.15) is 0 Å². The first-order valence-electron chi connectivity index (χ1n) is 5.55. The quantitative estimate of drug-likeness (QED) is 0.760. The number of rotatable bonds is 2. The van der Waals surface area contributed by atoms with Crippen LogP contribution >= 0.6 is 0 Å². The van der Waals surface area contributed by atoms with E-state index >= 15 is 0 Å². The summed E-state index contributed by atoms with van der Waals surface area (Å²) in [4.78, 5) is 24.7. The van der Waals surface area contributed by atoms with E-state index in [1.165, 1.54) is 4.90 Å². The lowest BCUT2D eigenvalue weighted by atomic mass is 9.82. The van der Waals surface area contributed by atoms with Gasteiger partial charge in [0, 0.05) is 13.1 Å². The van der Waals surface area contributed by atoms with Gasteiger partial charge in [-0.3, -0.25) is 9.59 Å². The van der Waals surface area contributed by atoms with Crippen LogP contribution in [0.4, 0.5) is 5.82 Å². The van der Waals surface area contributed by atoms with Crippen molar-refractivity contribution in [2.75, 3.05) is 18.8 Å². The third-order valence-electron chi connectivity index (χ3n) is 3.22.